The molecule has 0 aromatic heterocycles. The van der Waals surface area contributed by atoms with E-state index < -0.39 is 51.9 Å². The number of carbonyl (C=O) groups is 4. The fraction of sp³-hybridized carbons (Fsp3) is 0.724. The number of halogens is 1. The number of nitrogens with one attached hydrogen (secondary N) is 1. The molecule has 9 atom stereocenters. The molecule has 0 spiro atoms. The number of hydrogen-bond acceptors (Lipinski definition) is 8. The Morgan fingerprint density at radius 1 is 1.26 bits per heavy atom. The van der Waals surface area contributed by atoms with E-state index >= 15 is 4.39 Å². The minimum Gasteiger partial charge on any atom is -0.390 e. The molecule has 0 saturated heterocycles. The molecule has 0 heterocycles. The van der Waals surface area contributed by atoms with Crippen LogP contribution in [0.1, 0.15) is 59.8 Å². The molecule has 3 saturated carbocycles. The number of aliphatic hydroxyl groups is 2. The number of thioether (sulfide) groups is 2. The van der Waals surface area contributed by atoms with E-state index in [1.165, 1.54) is 19.1 Å². The second-order valence-corrected chi connectivity index (χ2v) is 14.2. The Balaban J connectivity index is 1.58. The van der Waals surface area contributed by atoms with Crippen molar-refractivity contribution in [1.29, 1.82) is 0 Å². The molecule has 0 aromatic carbocycles. The van der Waals surface area contributed by atoms with Crippen molar-refractivity contribution in [3.05, 3.63) is 23.8 Å². The summed E-state index contributed by atoms with van der Waals surface area (Å²) >= 11 is 2.34. The summed E-state index contributed by atoms with van der Waals surface area (Å²) in [6.07, 6.45) is 6.55. The maximum absolute atomic E-state index is 17.3. The molecule has 4 rings (SSSR count). The molecule has 0 bridgehead atoms. The fourth-order valence-electron chi connectivity index (χ4n) is 8.22. The highest BCUT2D eigenvalue weighted by Gasteiger charge is 2.75. The maximum atomic E-state index is 17.3. The number of rotatable bonds is 8. The molecule has 39 heavy (non-hydrogen) atoms. The lowest BCUT2D eigenvalue weighted by molar-refractivity contribution is -0.218. The number of hydrogen-bond donors (Lipinski definition) is 3. The van der Waals surface area contributed by atoms with Crippen LogP contribution < -0.4 is 5.32 Å². The zero-order valence-corrected chi connectivity index (χ0v) is 24.9. The van der Waals surface area contributed by atoms with Gasteiger partial charge in [0, 0.05) is 23.7 Å². The molecule has 2 unspecified atom stereocenters. The second-order valence-electron chi connectivity index (χ2n) is 12.2. The lowest BCUT2D eigenvalue weighted by Gasteiger charge is -2.62. The average molecular weight is 582 g/mol. The van der Waals surface area contributed by atoms with E-state index in [-0.39, 0.29) is 34.9 Å². The van der Waals surface area contributed by atoms with E-state index in [0.29, 0.717) is 37.0 Å². The number of Topliss-reactive ketones (excluding diaryl/α,β-unsaturated/α-hetero) is 1. The van der Waals surface area contributed by atoms with Gasteiger partial charge in [0.1, 0.15) is 5.60 Å². The van der Waals surface area contributed by atoms with Crippen LogP contribution in [0.3, 0.4) is 0 Å². The van der Waals surface area contributed by atoms with Gasteiger partial charge in [0.05, 0.1) is 17.9 Å². The number of aliphatic hydroxyl groups excluding tert-OH is 1. The van der Waals surface area contributed by atoms with Gasteiger partial charge in [-0.25, -0.2) is 4.39 Å². The smallest absolute Gasteiger partial charge is 0.217 e. The van der Waals surface area contributed by atoms with Gasteiger partial charge >= 0.3 is 0 Å². The molecule has 4 aliphatic rings. The number of amides is 1. The summed E-state index contributed by atoms with van der Waals surface area (Å²) in [7, 11) is 0. The van der Waals surface area contributed by atoms with Gasteiger partial charge in [-0.3, -0.25) is 19.2 Å². The third-order valence-electron chi connectivity index (χ3n) is 10.3. The minimum atomic E-state index is -2.04. The normalized spacial score (nSPS) is 41.6. The average Bonchev–Trinajstić information content (AvgIpc) is 3.07. The first-order chi connectivity index (χ1) is 18.2. The molecule has 7 nitrogen and oxygen atoms in total. The van der Waals surface area contributed by atoms with Crippen molar-refractivity contribution in [2.45, 2.75) is 83.2 Å². The molecular formula is C29H40FNO6S2. The second kappa shape index (κ2) is 10.7. The molecule has 3 fully saturated rings. The van der Waals surface area contributed by atoms with Crippen LogP contribution in [0.25, 0.3) is 0 Å². The summed E-state index contributed by atoms with van der Waals surface area (Å²) in [5.74, 6) is -2.11. The van der Waals surface area contributed by atoms with Gasteiger partial charge in [0.25, 0.3) is 0 Å². The zero-order valence-electron chi connectivity index (χ0n) is 23.3. The van der Waals surface area contributed by atoms with Gasteiger partial charge in [-0.1, -0.05) is 37.3 Å². The Labute approximate surface area is 238 Å². The van der Waals surface area contributed by atoms with E-state index in [4.69, 9.17) is 0 Å². The fourth-order valence-corrected chi connectivity index (χ4v) is 9.56. The molecule has 1 amide bonds. The SMILES string of the molecule is CSCCC(NC(C)=O)C(=O)SCC(=O)[C@@]1(O)[C@@H](C)C[C@H]2[C@@H]3CCC4=CC(=O)C=C[C@]4(C)C3(F)[C@@H](O)C[C@@]21C. The third-order valence-corrected chi connectivity index (χ3v) is 11.9. The Bertz CT molecular complexity index is 1130. The summed E-state index contributed by atoms with van der Waals surface area (Å²) in [5.41, 5.74) is -5.44. The number of alkyl halides is 1. The van der Waals surface area contributed by atoms with Gasteiger partial charge < -0.3 is 15.5 Å². The highest BCUT2D eigenvalue weighted by atomic mass is 32.2. The first kappa shape index (κ1) is 30.5. The molecular weight excluding hydrogens is 541 g/mol. The van der Waals surface area contributed by atoms with E-state index in [1.807, 2.05) is 6.26 Å². The largest absolute Gasteiger partial charge is 0.390 e. The van der Waals surface area contributed by atoms with Crippen LogP contribution in [-0.2, 0) is 19.2 Å². The van der Waals surface area contributed by atoms with Gasteiger partial charge in [-0.15, -0.1) is 0 Å². The Hall–Kier alpha value is -1.49. The monoisotopic (exact) mass is 581 g/mol. The first-order valence-electron chi connectivity index (χ1n) is 13.7. The maximum Gasteiger partial charge on any atom is 0.217 e. The van der Waals surface area contributed by atoms with E-state index in [2.05, 4.69) is 5.32 Å². The number of ketones is 2. The van der Waals surface area contributed by atoms with Crippen LogP contribution >= 0.6 is 23.5 Å². The van der Waals surface area contributed by atoms with Crippen LogP contribution in [0, 0.1) is 28.6 Å². The predicted molar refractivity (Wildman–Crippen MR) is 151 cm³/mol. The highest BCUT2D eigenvalue weighted by molar-refractivity contribution is 8.14. The van der Waals surface area contributed by atoms with E-state index in [9.17, 15) is 29.4 Å². The van der Waals surface area contributed by atoms with Gasteiger partial charge in [0.2, 0.25) is 11.0 Å². The number of allylic oxidation sites excluding steroid dienone is 4. The standard InChI is InChI=1S/C29H40FNO6S2/c1-16-12-21-20-7-6-18-13-19(33)8-10-26(18,3)28(20,30)23(34)14-27(21,4)29(16,37)24(35)15-39-25(36)22(9-11-38-5)31-17(2)32/h8,10,13,16,20-23,34,37H,6-7,9,11-12,14-15H2,1-5H3,(H,31,32)/t16-,20-,21-,22?,23-,26-,27-,28?,29-/m0/s1. The van der Waals surface area contributed by atoms with Crippen LogP contribution in [0.2, 0.25) is 0 Å². The minimum absolute atomic E-state index is 0.108. The van der Waals surface area contributed by atoms with Crippen molar-refractivity contribution < 1.29 is 33.8 Å². The topological polar surface area (TPSA) is 121 Å². The van der Waals surface area contributed by atoms with Crippen LogP contribution in [0.5, 0.6) is 0 Å². The lowest BCUT2D eigenvalue weighted by atomic mass is 9.44. The third kappa shape index (κ3) is 4.57. The van der Waals surface area contributed by atoms with Gasteiger partial charge in [0.15, 0.2) is 17.2 Å². The van der Waals surface area contributed by atoms with Crippen molar-refractivity contribution >= 4 is 46.1 Å². The zero-order chi connectivity index (χ0) is 29.0. The molecule has 4 aliphatic carbocycles. The van der Waals surface area contributed by atoms with Crippen LogP contribution in [-0.4, -0.2) is 74.0 Å². The van der Waals surface area contributed by atoms with E-state index in [0.717, 1.165) is 11.8 Å². The Morgan fingerprint density at radius 3 is 2.59 bits per heavy atom. The lowest BCUT2D eigenvalue weighted by Crippen LogP contribution is -2.69. The molecule has 0 aromatic rings. The summed E-state index contributed by atoms with van der Waals surface area (Å²) in [4.78, 5) is 50.3. The van der Waals surface area contributed by atoms with E-state index in [1.54, 1.807) is 38.6 Å². The predicted octanol–water partition coefficient (Wildman–Crippen LogP) is 3.42. The Kier molecular flexibility index (Phi) is 8.38. The van der Waals surface area contributed by atoms with Crippen LogP contribution in [0.15, 0.2) is 23.8 Å². The van der Waals surface area contributed by atoms with Gasteiger partial charge in [-0.2, -0.15) is 11.8 Å². The summed E-state index contributed by atoms with van der Waals surface area (Å²) in [6.45, 7) is 6.64. The van der Waals surface area contributed by atoms with Crippen molar-refractivity contribution in [2.24, 2.45) is 28.6 Å². The number of fused-ring (bicyclic) bond motifs is 5. The quantitative estimate of drug-likeness (QED) is 0.399. The van der Waals surface area contributed by atoms with Crippen molar-refractivity contribution in [3.8, 4) is 0 Å². The summed E-state index contributed by atoms with van der Waals surface area (Å²) in [6, 6.07) is -0.726. The Morgan fingerprint density at radius 2 is 1.95 bits per heavy atom. The number of carbonyl (C=O) groups excluding carboxylic acids is 4. The summed E-state index contributed by atoms with van der Waals surface area (Å²) < 4.78 is 17.3. The molecule has 216 valence electrons. The molecule has 10 heteroatoms. The highest BCUT2D eigenvalue weighted by Crippen LogP contribution is 2.70. The molecule has 0 aliphatic heterocycles. The van der Waals surface area contributed by atoms with Crippen molar-refractivity contribution in [2.75, 3.05) is 17.8 Å². The van der Waals surface area contributed by atoms with Gasteiger partial charge in [-0.05, 0) is 75.0 Å². The van der Waals surface area contributed by atoms with Crippen molar-refractivity contribution in [1.82, 2.24) is 5.32 Å². The van der Waals surface area contributed by atoms with Crippen molar-refractivity contribution in [3.63, 3.8) is 0 Å². The first-order valence-corrected chi connectivity index (χ1v) is 16.0. The molecule has 0 radical (unpaired) electrons. The molecule has 3 N–H and O–H groups in total. The van der Waals surface area contributed by atoms with Crippen LogP contribution in [0.4, 0.5) is 4.39 Å². The summed E-state index contributed by atoms with van der Waals surface area (Å²) in [5, 5.41) is 25.9.